The molecule has 0 heterocycles. The van der Waals surface area contributed by atoms with Gasteiger partial charge >= 0.3 is 5.97 Å². The van der Waals surface area contributed by atoms with Gasteiger partial charge in [0.15, 0.2) is 0 Å². The lowest BCUT2D eigenvalue weighted by Crippen LogP contribution is -2.23. The molecule has 2 aliphatic rings. The molecule has 2 bridgehead atoms. The second-order valence-corrected chi connectivity index (χ2v) is 5.82. The van der Waals surface area contributed by atoms with E-state index in [9.17, 15) is 4.79 Å². The van der Waals surface area contributed by atoms with Gasteiger partial charge in [-0.2, -0.15) is 0 Å². The van der Waals surface area contributed by atoms with Crippen molar-refractivity contribution in [2.45, 2.75) is 12.8 Å². The molecule has 2 aromatic carbocycles. The van der Waals surface area contributed by atoms with E-state index in [-0.39, 0.29) is 11.9 Å². The Bertz CT molecular complexity index is 701. The van der Waals surface area contributed by atoms with Crippen LogP contribution in [0.4, 0.5) is 0 Å². The van der Waals surface area contributed by atoms with Crippen molar-refractivity contribution < 1.29 is 9.53 Å². The van der Waals surface area contributed by atoms with Crippen LogP contribution in [0.1, 0.15) is 12.8 Å². The zero-order chi connectivity index (χ0) is 13.5. The second-order valence-electron chi connectivity index (χ2n) is 5.82. The number of allylic oxidation sites excluding steroid dienone is 2. The molecule has 3 atom stereocenters. The summed E-state index contributed by atoms with van der Waals surface area (Å²) < 4.78 is 5.59. The molecule has 4 rings (SSSR count). The maximum absolute atomic E-state index is 12.3. The molecule has 1 fully saturated rings. The lowest BCUT2D eigenvalue weighted by molar-refractivity contribution is -0.139. The van der Waals surface area contributed by atoms with Gasteiger partial charge in [0.2, 0.25) is 0 Å². The van der Waals surface area contributed by atoms with Gasteiger partial charge in [0.1, 0.15) is 5.75 Å². The molecule has 0 aromatic heterocycles. The highest BCUT2D eigenvalue weighted by atomic mass is 16.5. The van der Waals surface area contributed by atoms with Gasteiger partial charge in [-0.3, -0.25) is 4.79 Å². The first-order valence-electron chi connectivity index (χ1n) is 7.18. The fraction of sp³-hybridized carbons (Fsp3) is 0.278. The van der Waals surface area contributed by atoms with E-state index in [0.29, 0.717) is 17.6 Å². The van der Waals surface area contributed by atoms with Crippen LogP contribution in [0.5, 0.6) is 5.75 Å². The van der Waals surface area contributed by atoms with Crippen LogP contribution in [0.3, 0.4) is 0 Å². The molecule has 2 heteroatoms. The van der Waals surface area contributed by atoms with E-state index >= 15 is 0 Å². The van der Waals surface area contributed by atoms with E-state index in [0.717, 1.165) is 23.6 Å². The van der Waals surface area contributed by atoms with Crippen LogP contribution < -0.4 is 4.74 Å². The summed E-state index contributed by atoms with van der Waals surface area (Å²) in [5.74, 6) is 1.62. The smallest absolute Gasteiger partial charge is 0.314 e. The molecule has 3 unspecified atom stereocenters. The molecule has 2 nitrogen and oxygen atoms in total. The Morgan fingerprint density at radius 1 is 1.00 bits per heavy atom. The van der Waals surface area contributed by atoms with Gasteiger partial charge < -0.3 is 4.74 Å². The van der Waals surface area contributed by atoms with Crippen molar-refractivity contribution in [2.75, 3.05) is 0 Å². The monoisotopic (exact) mass is 264 g/mol. The second kappa shape index (κ2) is 4.48. The Morgan fingerprint density at radius 2 is 1.85 bits per heavy atom. The van der Waals surface area contributed by atoms with Gasteiger partial charge in [-0.25, -0.2) is 0 Å². The van der Waals surface area contributed by atoms with E-state index in [1.54, 1.807) is 0 Å². The van der Waals surface area contributed by atoms with Crippen molar-refractivity contribution >= 4 is 16.7 Å². The standard InChI is InChI=1S/C18H16O2/c19-18(17-10-12-5-6-15(17)9-12)20-16-8-7-13-3-1-2-4-14(13)11-16/h1-8,11-12,15,17H,9-10H2. The molecule has 0 aliphatic heterocycles. The molecule has 0 amide bonds. The Kier molecular flexibility index (Phi) is 2.62. The fourth-order valence-corrected chi connectivity index (χ4v) is 3.47. The van der Waals surface area contributed by atoms with Gasteiger partial charge in [-0.15, -0.1) is 0 Å². The van der Waals surface area contributed by atoms with Crippen LogP contribution in [0.2, 0.25) is 0 Å². The molecule has 0 saturated heterocycles. The number of fused-ring (bicyclic) bond motifs is 3. The first-order valence-corrected chi connectivity index (χ1v) is 7.18. The number of ether oxygens (including phenoxy) is 1. The fourth-order valence-electron chi connectivity index (χ4n) is 3.47. The van der Waals surface area contributed by atoms with Crippen LogP contribution >= 0.6 is 0 Å². The Morgan fingerprint density at radius 3 is 2.60 bits per heavy atom. The number of hydrogen-bond acceptors (Lipinski definition) is 2. The first kappa shape index (κ1) is 11.7. The summed E-state index contributed by atoms with van der Waals surface area (Å²) in [7, 11) is 0. The summed E-state index contributed by atoms with van der Waals surface area (Å²) in [6.45, 7) is 0. The van der Waals surface area contributed by atoms with E-state index < -0.39 is 0 Å². The summed E-state index contributed by atoms with van der Waals surface area (Å²) >= 11 is 0. The molecule has 100 valence electrons. The largest absolute Gasteiger partial charge is 0.426 e. The summed E-state index contributed by atoms with van der Waals surface area (Å²) in [4.78, 5) is 12.3. The zero-order valence-electron chi connectivity index (χ0n) is 11.2. The lowest BCUT2D eigenvalue weighted by Gasteiger charge is -2.16. The quantitative estimate of drug-likeness (QED) is 0.466. The Hall–Kier alpha value is -2.09. The van der Waals surface area contributed by atoms with Crippen molar-refractivity contribution in [1.29, 1.82) is 0 Å². The SMILES string of the molecule is O=C(Oc1ccc2ccccc2c1)C1CC2C=CC1C2. The van der Waals surface area contributed by atoms with Gasteiger partial charge in [-0.1, -0.05) is 42.5 Å². The molecule has 2 aromatic rings. The highest BCUT2D eigenvalue weighted by Crippen LogP contribution is 2.44. The van der Waals surface area contributed by atoms with Crippen molar-refractivity contribution in [1.82, 2.24) is 0 Å². The van der Waals surface area contributed by atoms with Crippen molar-refractivity contribution in [2.24, 2.45) is 17.8 Å². The minimum Gasteiger partial charge on any atom is -0.426 e. The van der Waals surface area contributed by atoms with Crippen LogP contribution in [0.15, 0.2) is 54.6 Å². The Balaban J connectivity index is 1.55. The van der Waals surface area contributed by atoms with Crippen LogP contribution in [0, 0.1) is 17.8 Å². The van der Waals surface area contributed by atoms with Crippen LogP contribution in [-0.4, -0.2) is 5.97 Å². The summed E-state index contributed by atoms with van der Waals surface area (Å²) in [6.07, 6.45) is 6.50. The average molecular weight is 264 g/mol. The van der Waals surface area contributed by atoms with Crippen LogP contribution in [-0.2, 0) is 4.79 Å². The maximum Gasteiger partial charge on any atom is 0.314 e. The molecule has 0 spiro atoms. The van der Waals surface area contributed by atoms with E-state index in [2.05, 4.69) is 18.2 Å². The molecule has 20 heavy (non-hydrogen) atoms. The summed E-state index contributed by atoms with van der Waals surface area (Å²) in [6, 6.07) is 13.9. The predicted octanol–water partition coefficient (Wildman–Crippen LogP) is 3.96. The first-order chi connectivity index (χ1) is 9.79. The average Bonchev–Trinajstić information content (AvgIpc) is 3.10. The predicted molar refractivity (Wildman–Crippen MR) is 78.4 cm³/mol. The lowest BCUT2D eigenvalue weighted by atomic mass is 9.94. The number of rotatable bonds is 2. The van der Waals surface area contributed by atoms with E-state index in [1.165, 1.54) is 0 Å². The van der Waals surface area contributed by atoms with E-state index in [4.69, 9.17) is 4.74 Å². The highest BCUT2D eigenvalue weighted by Gasteiger charge is 2.40. The number of carbonyl (C=O) groups is 1. The molecular weight excluding hydrogens is 248 g/mol. The van der Waals surface area contributed by atoms with Gasteiger partial charge in [0, 0.05) is 0 Å². The van der Waals surface area contributed by atoms with Gasteiger partial charge in [0.25, 0.3) is 0 Å². The van der Waals surface area contributed by atoms with Crippen LogP contribution in [0.25, 0.3) is 10.8 Å². The Labute approximate surface area is 118 Å². The molecule has 0 N–H and O–H groups in total. The van der Waals surface area contributed by atoms with Crippen molar-refractivity contribution in [3.05, 3.63) is 54.6 Å². The highest BCUT2D eigenvalue weighted by molar-refractivity contribution is 5.85. The number of benzene rings is 2. The third-order valence-corrected chi connectivity index (χ3v) is 4.52. The summed E-state index contributed by atoms with van der Waals surface area (Å²) in [5, 5.41) is 2.26. The van der Waals surface area contributed by atoms with Crippen molar-refractivity contribution in [3.63, 3.8) is 0 Å². The topological polar surface area (TPSA) is 26.3 Å². The zero-order valence-corrected chi connectivity index (χ0v) is 11.2. The van der Waals surface area contributed by atoms with Gasteiger partial charge in [-0.05, 0) is 47.6 Å². The summed E-state index contributed by atoms with van der Waals surface area (Å²) in [5.41, 5.74) is 0. The normalized spacial score (nSPS) is 27.1. The maximum atomic E-state index is 12.3. The minimum atomic E-state index is -0.0721. The van der Waals surface area contributed by atoms with Crippen molar-refractivity contribution in [3.8, 4) is 5.75 Å². The van der Waals surface area contributed by atoms with E-state index in [1.807, 2.05) is 36.4 Å². The number of hydrogen-bond donors (Lipinski definition) is 0. The number of carbonyl (C=O) groups excluding carboxylic acids is 1. The molecular formula is C18H16O2. The van der Waals surface area contributed by atoms with Gasteiger partial charge in [0.05, 0.1) is 5.92 Å². The molecule has 2 aliphatic carbocycles. The number of esters is 1. The molecule has 0 radical (unpaired) electrons. The molecule has 1 saturated carbocycles. The third kappa shape index (κ3) is 1.92. The minimum absolute atomic E-state index is 0.0523. The third-order valence-electron chi connectivity index (χ3n) is 4.52.